The average Bonchev–Trinajstić information content (AvgIpc) is 3.98. The Hall–Kier alpha value is -3.99. The van der Waals surface area contributed by atoms with E-state index < -0.39 is 74.3 Å². The minimum atomic E-state index is -3.91. The van der Waals surface area contributed by atoms with Crippen molar-refractivity contribution in [2.24, 2.45) is 5.92 Å². The van der Waals surface area contributed by atoms with Gasteiger partial charge in [-0.05, 0) is 82.9 Å². The largest absolute Gasteiger partial charge is 0.471 e. The van der Waals surface area contributed by atoms with E-state index in [0.717, 1.165) is 17.7 Å². The second-order valence-corrected chi connectivity index (χ2v) is 19.5. The summed E-state index contributed by atoms with van der Waals surface area (Å²) in [5.74, 6) is -2.30. The lowest BCUT2D eigenvalue weighted by atomic mass is 10.0. The Morgan fingerprint density at radius 1 is 1.05 bits per heavy atom. The second kappa shape index (κ2) is 15.7. The molecule has 300 valence electrons. The van der Waals surface area contributed by atoms with Crippen molar-refractivity contribution in [1.82, 2.24) is 30.2 Å². The number of allylic oxidation sites excluding steroid dienone is 1. The number of halogens is 2. The lowest BCUT2D eigenvalue weighted by Crippen LogP contribution is -2.58. The van der Waals surface area contributed by atoms with Gasteiger partial charge in [-0.2, -0.15) is 0 Å². The average molecular weight is 848 g/mol. The van der Waals surface area contributed by atoms with E-state index in [0.29, 0.717) is 47.4 Å². The summed E-state index contributed by atoms with van der Waals surface area (Å²) in [6.45, 7) is 5.08. The summed E-state index contributed by atoms with van der Waals surface area (Å²) < 4.78 is 40.0. The topological polar surface area (TPSA) is 186 Å². The number of carbonyl (C=O) groups is 4. The molecule has 1 saturated heterocycles. The molecule has 3 N–H and O–H groups in total. The first-order valence-corrected chi connectivity index (χ1v) is 21.9. The molecule has 5 atom stereocenters. The fourth-order valence-electron chi connectivity index (χ4n) is 7.15. The van der Waals surface area contributed by atoms with Crippen molar-refractivity contribution in [3.63, 3.8) is 0 Å². The van der Waals surface area contributed by atoms with Crippen LogP contribution in [0.2, 0.25) is 10.0 Å². The Bertz CT molecular complexity index is 2180. The van der Waals surface area contributed by atoms with E-state index >= 15 is 0 Å². The summed E-state index contributed by atoms with van der Waals surface area (Å²) in [6, 6.07) is 4.71. The molecule has 0 radical (unpaired) electrons. The lowest BCUT2D eigenvalue weighted by Gasteiger charge is -2.30. The van der Waals surface area contributed by atoms with E-state index in [1.165, 1.54) is 16.2 Å². The molecule has 2 aromatic heterocycles. The molecule has 14 nitrogen and oxygen atoms in total. The van der Waals surface area contributed by atoms with Gasteiger partial charge in [-0.1, -0.05) is 54.3 Å². The maximum atomic E-state index is 14.6. The minimum absolute atomic E-state index is 0.0136. The van der Waals surface area contributed by atoms with Crippen molar-refractivity contribution < 1.29 is 37.1 Å². The van der Waals surface area contributed by atoms with Crippen LogP contribution in [0.5, 0.6) is 5.88 Å². The summed E-state index contributed by atoms with van der Waals surface area (Å²) in [7, 11) is -3.91. The Kier molecular flexibility index (Phi) is 11.3. The number of aromatic nitrogens is 2. The predicted molar refractivity (Wildman–Crippen MR) is 212 cm³/mol. The number of nitrogens with zero attached hydrogens (tertiary/aromatic N) is 3. The second-order valence-electron chi connectivity index (χ2n) is 15.8. The standard InChI is InChI=1S/C38H44Cl2N6O8S2/c1-37(2,3)54-36(50)43-26-11-8-6-4-5-7-10-21-19-38(21,35(49)45-56(51,52)23-13-14-23)44-32(47)29-16-22(20-46(29)34(26)48)53-33-31(30-12-9-15-55-30)41-27-17-24(39)25(40)18-28(27)42-33/h7,9-10,12,15,17-18,21-23,26,29H,4-6,8,11,13-14,16,19-20H2,1-3H3,(H,43,50)(H,44,47)(H,45,49). The zero-order valence-corrected chi connectivity index (χ0v) is 34.3. The van der Waals surface area contributed by atoms with Crippen molar-refractivity contribution in [3.8, 4) is 16.5 Å². The smallest absolute Gasteiger partial charge is 0.408 e. The third-order valence-corrected chi connectivity index (χ3v) is 13.7. The molecule has 5 unspecified atom stereocenters. The molecule has 7 rings (SSSR count). The fraction of sp³-hybridized carbons (Fsp3) is 0.526. The van der Waals surface area contributed by atoms with Crippen molar-refractivity contribution in [2.75, 3.05) is 6.54 Å². The van der Waals surface area contributed by atoms with Crippen molar-refractivity contribution in [2.45, 2.75) is 113 Å². The summed E-state index contributed by atoms with van der Waals surface area (Å²) in [5.41, 5.74) is -1.03. The molecule has 56 heavy (non-hydrogen) atoms. The van der Waals surface area contributed by atoms with Gasteiger partial charge < -0.3 is 25.0 Å². The van der Waals surface area contributed by atoms with Crippen LogP contribution in [0.25, 0.3) is 21.6 Å². The monoisotopic (exact) mass is 846 g/mol. The Balaban J connectivity index is 1.23. The molecule has 0 spiro atoms. The van der Waals surface area contributed by atoms with E-state index in [4.69, 9.17) is 42.6 Å². The number of sulfonamides is 1. The molecule has 4 heterocycles. The van der Waals surface area contributed by atoms with Crippen LogP contribution >= 0.6 is 34.5 Å². The highest BCUT2D eigenvalue weighted by Crippen LogP contribution is 2.46. The van der Waals surface area contributed by atoms with Gasteiger partial charge in [-0.25, -0.2) is 23.2 Å². The van der Waals surface area contributed by atoms with E-state index in [9.17, 15) is 27.6 Å². The first kappa shape index (κ1) is 40.2. The van der Waals surface area contributed by atoms with Gasteiger partial charge >= 0.3 is 6.09 Å². The van der Waals surface area contributed by atoms with E-state index in [1.54, 1.807) is 32.9 Å². The number of nitrogens with one attached hydrogen (secondary N) is 3. The number of rotatable bonds is 7. The molecule has 3 aromatic rings. The molecule has 3 fully saturated rings. The van der Waals surface area contributed by atoms with Crippen LogP contribution < -0.4 is 20.1 Å². The molecule has 4 aliphatic rings. The molecule has 18 heteroatoms. The summed E-state index contributed by atoms with van der Waals surface area (Å²) in [6.07, 6.45) is 6.40. The Morgan fingerprint density at radius 2 is 1.79 bits per heavy atom. The van der Waals surface area contributed by atoms with Gasteiger partial charge in [0.15, 0.2) is 0 Å². The molecule has 2 saturated carbocycles. The number of alkyl carbamates (subject to hydrolysis) is 1. The number of hydrogen-bond donors (Lipinski definition) is 3. The van der Waals surface area contributed by atoms with Crippen LogP contribution in [0.4, 0.5) is 4.79 Å². The quantitative estimate of drug-likeness (QED) is 0.242. The summed E-state index contributed by atoms with van der Waals surface area (Å²) in [4.78, 5) is 67.5. The molecule has 0 bridgehead atoms. The molecule has 2 aliphatic carbocycles. The fourth-order valence-corrected chi connectivity index (χ4v) is 9.53. The number of carbonyl (C=O) groups excluding carboxylic acids is 4. The molecule has 1 aromatic carbocycles. The summed E-state index contributed by atoms with van der Waals surface area (Å²) >= 11 is 14.1. The maximum Gasteiger partial charge on any atom is 0.408 e. The highest BCUT2D eigenvalue weighted by Gasteiger charge is 2.62. The van der Waals surface area contributed by atoms with E-state index in [2.05, 4.69) is 15.4 Å². The zero-order valence-electron chi connectivity index (χ0n) is 31.2. The highest BCUT2D eigenvalue weighted by atomic mass is 35.5. The van der Waals surface area contributed by atoms with E-state index in [1.807, 2.05) is 29.7 Å². The third kappa shape index (κ3) is 8.93. The van der Waals surface area contributed by atoms with Crippen LogP contribution in [0, 0.1) is 5.92 Å². The number of fused-ring (bicyclic) bond motifs is 3. The molecular weight excluding hydrogens is 803 g/mol. The summed E-state index contributed by atoms with van der Waals surface area (Å²) in [5, 5.41) is 7.43. The van der Waals surface area contributed by atoms with Crippen LogP contribution in [-0.4, -0.2) is 88.2 Å². The Labute approximate surface area is 339 Å². The van der Waals surface area contributed by atoms with Crippen molar-refractivity contribution in [3.05, 3.63) is 51.8 Å². The molecular formula is C38H44Cl2N6O8S2. The van der Waals surface area contributed by atoms with Crippen LogP contribution in [-0.2, 0) is 29.1 Å². The number of hydrogen-bond acceptors (Lipinski definition) is 11. The lowest BCUT2D eigenvalue weighted by molar-refractivity contribution is -0.141. The predicted octanol–water partition coefficient (Wildman–Crippen LogP) is 5.91. The van der Waals surface area contributed by atoms with Gasteiger partial charge in [0.2, 0.25) is 27.7 Å². The number of amides is 4. The van der Waals surface area contributed by atoms with Gasteiger partial charge in [0.25, 0.3) is 5.91 Å². The van der Waals surface area contributed by atoms with Gasteiger partial charge in [0.05, 0.1) is 37.8 Å². The normalized spacial score (nSPS) is 26.0. The van der Waals surface area contributed by atoms with Crippen LogP contribution in [0.1, 0.15) is 78.6 Å². The maximum absolute atomic E-state index is 14.6. The van der Waals surface area contributed by atoms with E-state index in [-0.39, 0.29) is 36.7 Å². The third-order valence-electron chi connectivity index (χ3n) is 10.2. The molecule has 4 amide bonds. The van der Waals surface area contributed by atoms with Gasteiger partial charge in [-0.3, -0.25) is 19.1 Å². The number of thiophene rings is 1. The van der Waals surface area contributed by atoms with Crippen molar-refractivity contribution in [1.29, 1.82) is 0 Å². The van der Waals surface area contributed by atoms with Crippen molar-refractivity contribution >= 4 is 79.4 Å². The number of benzene rings is 1. The molecule has 2 aliphatic heterocycles. The number of ether oxygens (including phenoxy) is 2. The zero-order chi connectivity index (χ0) is 40.0. The van der Waals surface area contributed by atoms with Gasteiger partial charge in [0.1, 0.15) is 35.0 Å². The highest BCUT2D eigenvalue weighted by molar-refractivity contribution is 7.91. The first-order chi connectivity index (χ1) is 26.5. The van der Waals surface area contributed by atoms with Crippen LogP contribution in [0.15, 0.2) is 41.8 Å². The first-order valence-electron chi connectivity index (χ1n) is 18.7. The SMILES string of the molecule is CC(C)(C)OC(=O)NC1CCCCCC=CC2CC2(C(=O)NS(=O)(=O)C2CC2)NC(=O)C2CC(Oc3nc4cc(Cl)c(Cl)cc4nc3-c3cccs3)CN2C1=O. The van der Waals surface area contributed by atoms with Crippen LogP contribution in [0.3, 0.4) is 0 Å². The minimum Gasteiger partial charge on any atom is -0.471 e. The van der Waals surface area contributed by atoms with Gasteiger partial charge in [0, 0.05) is 12.3 Å². The van der Waals surface area contributed by atoms with Gasteiger partial charge in [-0.15, -0.1) is 11.3 Å². The Morgan fingerprint density at radius 3 is 2.46 bits per heavy atom.